The minimum atomic E-state index is -1.98. The number of thioether (sulfide) groups is 1. The first-order valence-electron chi connectivity index (χ1n) is 23.8. The molecule has 0 radical (unpaired) electrons. The van der Waals surface area contributed by atoms with Crippen LogP contribution in [0.5, 0.6) is 5.75 Å². The van der Waals surface area contributed by atoms with Crippen molar-refractivity contribution in [2.45, 2.75) is 148 Å². The van der Waals surface area contributed by atoms with Gasteiger partial charge in [-0.2, -0.15) is 11.8 Å². The number of hydrogen-bond acceptors (Lipinski definition) is 22. The molecule has 0 saturated carbocycles. The van der Waals surface area contributed by atoms with Crippen LogP contribution in [-0.4, -0.2) is 243 Å². The van der Waals surface area contributed by atoms with Crippen molar-refractivity contribution in [3.8, 4) is 5.75 Å². The molecule has 5 heterocycles. The average Bonchev–Trinajstić information content (AvgIpc) is 3.93. The van der Waals surface area contributed by atoms with Crippen LogP contribution in [0.3, 0.4) is 0 Å². The summed E-state index contributed by atoms with van der Waals surface area (Å²) in [7, 11) is 0. The summed E-state index contributed by atoms with van der Waals surface area (Å²) >= 11 is 1.83. The fourth-order valence-electron chi connectivity index (χ4n) is 8.85. The van der Waals surface area contributed by atoms with E-state index in [1.165, 1.54) is 12.1 Å². The van der Waals surface area contributed by atoms with E-state index in [1.54, 1.807) is 12.1 Å². The first kappa shape index (κ1) is 57.2. The van der Waals surface area contributed by atoms with Crippen LogP contribution in [0.4, 0.5) is 4.79 Å². The Labute approximate surface area is 417 Å². The largest absolute Gasteiger partial charge is 0.484 e. The Bertz CT molecular complexity index is 1950. The molecule has 28 heteroatoms. The molecule has 5 saturated heterocycles. The van der Waals surface area contributed by atoms with E-state index in [0.29, 0.717) is 18.1 Å². The number of nitrogens with one attached hydrogen (secondary N) is 6. The van der Waals surface area contributed by atoms with E-state index < -0.39 is 130 Å². The minimum Gasteiger partial charge on any atom is -0.484 e. The third-order valence-corrected chi connectivity index (χ3v) is 14.2. The highest BCUT2D eigenvalue weighted by Gasteiger charge is 2.54. The van der Waals surface area contributed by atoms with Gasteiger partial charge in [0.1, 0.15) is 78.9 Å². The normalized spacial score (nSPS) is 35.3. The standard InChI is InChI=1S/C44H68N6O21S/c1-20(54)48-31-34(59)38(70-43-37(62)39(33(58)25(16-52)68-43)71-42-36(61)35(60)32(57)24(15-51)67-42)26(17-53)69-41(31)65-13-5-10-47-40(63)21-6-4-7-22(14-21)66-18-29(56)46-12-11-45-28(55)9-3-2-8-27-30-23(19-72-27)49-44(64)50-30/h4,6-7,14,23-27,30-39,41-43,51-53,57-62H,2-3,5,8-13,15-19H2,1H3,(H,45,55)(H,46,56)(H,47,63)(H,48,54)(H2,49,50,64)/t23-,24+,25+,26+,27-,30-,31+,32-,33-,34+,35-,36+,37+,38+,39-,41+,42+,43-/m0/s1. The van der Waals surface area contributed by atoms with Gasteiger partial charge in [0.05, 0.1) is 38.5 Å². The molecule has 72 heavy (non-hydrogen) atoms. The van der Waals surface area contributed by atoms with Crippen LogP contribution >= 0.6 is 11.8 Å². The molecule has 0 spiro atoms. The molecule has 0 unspecified atom stereocenters. The van der Waals surface area contributed by atoms with Gasteiger partial charge in [-0.25, -0.2) is 4.79 Å². The van der Waals surface area contributed by atoms with Crippen molar-refractivity contribution in [1.29, 1.82) is 0 Å². The lowest BCUT2D eigenvalue weighted by Crippen LogP contribution is -2.68. The van der Waals surface area contributed by atoms with Gasteiger partial charge in [0, 0.05) is 49.5 Å². The second kappa shape index (κ2) is 27.5. The molecule has 1 aromatic rings. The van der Waals surface area contributed by atoms with Crippen LogP contribution in [0.25, 0.3) is 0 Å². The van der Waals surface area contributed by atoms with Crippen molar-refractivity contribution in [3.05, 3.63) is 29.8 Å². The number of ether oxygens (including phenoxy) is 7. The van der Waals surface area contributed by atoms with E-state index in [0.717, 1.165) is 25.5 Å². The Morgan fingerprint density at radius 3 is 2.10 bits per heavy atom. The average molecular weight is 1050 g/mol. The molecule has 6 rings (SSSR count). The summed E-state index contributed by atoms with van der Waals surface area (Å²) in [6, 6.07) is 4.95. The number of aliphatic hydroxyl groups excluding tert-OH is 9. The number of urea groups is 1. The van der Waals surface area contributed by atoms with Gasteiger partial charge in [-0.3, -0.25) is 19.2 Å². The Morgan fingerprint density at radius 2 is 1.39 bits per heavy atom. The molecule has 5 aliphatic heterocycles. The number of benzene rings is 1. The van der Waals surface area contributed by atoms with Crippen LogP contribution in [0, 0.1) is 0 Å². The van der Waals surface area contributed by atoms with Crippen molar-refractivity contribution in [1.82, 2.24) is 31.9 Å². The Hall–Kier alpha value is -4.08. The first-order valence-corrected chi connectivity index (χ1v) is 24.9. The minimum absolute atomic E-state index is 0.0818. The predicted molar refractivity (Wildman–Crippen MR) is 245 cm³/mol. The first-order chi connectivity index (χ1) is 34.5. The molecule has 5 aliphatic rings. The zero-order chi connectivity index (χ0) is 52.1. The monoisotopic (exact) mass is 1050 g/mol. The second-order valence-corrected chi connectivity index (χ2v) is 19.2. The fourth-order valence-corrected chi connectivity index (χ4v) is 10.4. The van der Waals surface area contributed by atoms with Crippen molar-refractivity contribution in [2.24, 2.45) is 0 Å². The number of aliphatic hydroxyl groups is 9. The molecule has 0 bridgehead atoms. The number of carbonyl (C=O) groups is 5. The summed E-state index contributed by atoms with van der Waals surface area (Å²) in [5.74, 6) is -0.526. The van der Waals surface area contributed by atoms with Crippen LogP contribution in [-0.2, 0) is 42.8 Å². The Balaban J connectivity index is 0.899. The zero-order valence-electron chi connectivity index (χ0n) is 39.4. The maximum atomic E-state index is 13.0. The molecule has 6 amide bonds. The quantitative estimate of drug-likeness (QED) is 0.0320. The van der Waals surface area contributed by atoms with Crippen LogP contribution in [0.1, 0.15) is 49.4 Å². The van der Waals surface area contributed by atoms with E-state index in [4.69, 9.17) is 33.2 Å². The summed E-state index contributed by atoms with van der Waals surface area (Å²) in [6.07, 6.45) is -20.8. The van der Waals surface area contributed by atoms with Gasteiger partial charge in [-0.1, -0.05) is 12.5 Å². The summed E-state index contributed by atoms with van der Waals surface area (Å²) in [5, 5.41) is 111. The highest BCUT2D eigenvalue weighted by Crippen LogP contribution is 2.35. The van der Waals surface area contributed by atoms with Crippen LogP contribution in [0.2, 0.25) is 0 Å². The van der Waals surface area contributed by atoms with Gasteiger partial charge >= 0.3 is 6.03 Å². The predicted octanol–water partition coefficient (Wildman–Crippen LogP) is -6.25. The Morgan fingerprint density at radius 1 is 0.722 bits per heavy atom. The summed E-state index contributed by atoms with van der Waals surface area (Å²) in [6.45, 7) is -1.25. The number of fused-ring (bicyclic) bond motifs is 1. The van der Waals surface area contributed by atoms with E-state index in [2.05, 4.69) is 31.9 Å². The van der Waals surface area contributed by atoms with E-state index >= 15 is 0 Å². The molecule has 406 valence electrons. The fraction of sp³-hybridized carbons (Fsp3) is 0.750. The highest BCUT2D eigenvalue weighted by molar-refractivity contribution is 8.00. The van der Waals surface area contributed by atoms with Crippen LogP contribution in [0.15, 0.2) is 24.3 Å². The van der Waals surface area contributed by atoms with Gasteiger partial charge in [-0.15, -0.1) is 0 Å². The summed E-state index contributed by atoms with van der Waals surface area (Å²) < 4.78 is 39.7. The smallest absolute Gasteiger partial charge is 0.315 e. The van der Waals surface area contributed by atoms with Gasteiger partial charge < -0.3 is 111 Å². The molecule has 5 fully saturated rings. The van der Waals surface area contributed by atoms with Crippen molar-refractivity contribution in [3.63, 3.8) is 0 Å². The van der Waals surface area contributed by atoms with E-state index in [9.17, 15) is 69.9 Å². The molecular weight excluding hydrogens is 981 g/mol. The topological polar surface area (TPSA) is 404 Å². The SMILES string of the molecule is CC(=O)N[C@H]1[C@H](OCCCNC(=O)c2cccc(OCC(=O)NCCNC(=O)CCCC[C@@H]3SC[C@@H]4NC(=O)N[C@@H]43)c2)O[C@H](CO)[C@@H](O[C@@H]2O[C@H](CO)[C@H](O)[C@H](O[C@H]3O[C@H](CO)[C@H](O)[C@H](O)[C@H]3O)[C@H]2O)[C@@H]1O. The lowest BCUT2D eigenvalue weighted by Gasteiger charge is -2.48. The molecule has 0 aliphatic carbocycles. The highest BCUT2D eigenvalue weighted by atomic mass is 32.2. The third kappa shape index (κ3) is 15.0. The molecule has 27 nitrogen and oxygen atoms in total. The van der Waals surface area contributed by atoms with Crippen molar-refractivity contribution < 1.29 is 103 Å². The molecule has 1 aromatic carbocycles. The lowest BCUT2D eigenvalue weighted by atomic mass is 9.95. The maximum Gasteiger partial charge on any atom is 0.315 e. The molecule has 0 aromatic heterocycles. The number of hydrogen-bond donors (Lipinski definition) is 15. The second-order valence-electron chi connectivity index (χ2n) is 17.9. The van der Waals surface area contributed by atoms with Crippen molar-refractivity contribution >= 4 is 41.4 Å². The molecule has 15 N–H and O–H groups in total. The van der Waals surface area contributed by atoms with Gasteiger partial charge in [0.25, 0.3) is 11.8 Å². The zero-order valence-corrected chi connectivity index (χ0v) is 40.2. The lowest BCUT2D eigenvalue weighted by molar-refractivity contribution is -0.376. The number of rotatable bonds is 25. The third-order valence-electron chi connectivity index (χ3n) is 12.7. The summed E-state index contributed by atoms with van der Waals surface area (Å²) in [4.78, 5) is 61.5. The number of amides is 6. The van der Waals surface area contributed by atoms with E-state index in [1.807, 2.05) is 11.8 Å². The van der Waals surface area contributed by atoms with Crippen LogP contribution < -0.4 is 36.6 Å². The maximum absolute atomic E-state index is 13.0. The van der Waals surface area contributed by atoms with Gasteiger partial charge in [0.2, 0.25) is 11.8 Å². The Kier molecular flexibility index (Phi) is 21.8. The summed E-state index contributed by atoms with van der Waals surface area (Å²) in [5.41, 5.74) is 0.227. The van der Waals surface area contributed by atoms with Gasteiger partial charge in [-0.05, 0) is 37.5 Å². The van der Waals surface area contributed by atoms with Gasteiger partial charge in [0.15, 0.2) is 25.5 Å². The van der Waals surface area contributed by atoms with Crippen molar-refractivity contribution in [2.75, 3.05) is 58.4 Å². The number of carbonyl (C=O) groups excluding carboxylic acids is 5. The molecule has 18 atom stereocenters. The van der Waals surface area contributed by atoms with E-state index in [-0.39, 0.29) is 74.6 Å². The molecular formula is C44H68N6O21S. The number of unbranched alkanes of at least 4 members (excludes halogenated alkanes) is 1.